The molecule has 0 atom stereocenters. The summed E-state index contributed by atoms with van der Waals surface area (Å²) in [6.07, 6.45) is 1.82. The summed E-state index contributed by atoms with van der Waals surface area (Å²) in [6.45, 7) is 5.01. The molecular formula is C20H23N3O4S. The summed E-state index contributed by atoms with van der Waals surface area (Å²) in [5.74, 6) is 0.212. The van der Waals surface area contributed by atoms with Crippen LogP contribution in [-0.2, 0) is 16.6 Å². The Labute approximate surface area is 164 Å². The quantitative estimate of drug-likeness (QED) is 0.662. The second-order valence-corrected chi connectivity index (χ2v) is 8.50. The van der Waals surface area contributed by atoms with E-state index in [1.54, 1.807) is 6.07 Å². The van der Waals surface area contributed by atoms with Gasteiger partial charge in [-0.25, -0.2) is 13.6 Å². The number of carbonyl (C=O) groups excluding carboxylic acids is 1. The van der Waals surface area contributed by atoms with Crippen LogP contribution in [-0.4, -0.2) is 26.0 Å². The molecule has 8 heteroatoms. The number of methoxy groups -OCH3 is 1. The summed E-state index contributed by atoms with van der Waals surface area (Å²) in [5, 5.41) is 8.83. The van der Waals surface area contributed by atoms with Crippen LogP contribution in [0.1, 0.15) is 24.2 Å². The van der Waals surface area contributed by atoms with Crippen molar-refractivity contribution in [1.29, 1.82) is 0 Å². The zero-order valence-corrected chi connectivity index (χ0v) is 16.8. The molecule has 28 heavy (non-hydrogen) atoms. The summed E-state index contributed by atoms with van der Waals surface area (Å²) >= 11 is 0. The normalized spacial score (nSPS) is 11.8. The van der Waals surface area contributed by atoms with Crippen molar-refractivity contribution in [1.82, 2.24) is 4.57 Å². The first-order valence-corrected chi connectivity index (χ1v) is 10.4. The Morgan fingerprint density at radius 1 is 1.21 bits per heavy atom. The van der Waals surface area contributed by atoms with Crippen molar-refractivity contribution in [3.05, 3.63) is 54.2 Å². The van der Waals surface area contributed by atoms with E-state index < -0.39 is 10.0 Å². The van der Waals surface area contributed by atoms with Gasteiger partial charge in [0, 0.05) is 29.3 Å². The highest BCUT2D eigenvalue weighted by atomic mass is 32.2. The third-order valence-electron chi connectivity index (χ3n) is 4.32. The van der Waals surface area contributed by atoms with E-state index in [4.69, 9.17) is 9.88 Å². The average Bonchev–Trinajstić information content (AvgIpc) is 2.99. The molecule has 0 aliphatic rings. The van der Waals surface area contributed by atoms with Crippen LogP contribution in [0.4, 0.5) is 5.69 Å². The number of sulfonamides is 1. The molecule has 3 aromatic rings. The first-order chi connectivity index (χ1) is 13.2. The molecule has 0 spiro atoms. The molecule has 0 fully saturated rings. The fraction of sp³-hybridized carbons (Fsp3) is 0.250. The van der Waals surface area contributed by atoms with Crippen LogP contribution in [0.15, 0.2) is 53.6 Å². The van der Waals surface area contributed by atoms with Gasteiger partial charge in [0.1, 0.15) is 10.6 Å². The van der Waals surface area contributed by atoms with Crippen molar-refractivity contribution in [3.63, 3.8) is 0 Å². The summed E-state index contributed by atoms with van der Waals surface area (Å²) < 4.78 is 30.7. The summed E-state index contributed by atoms with van der Waals surface area (Å²) in [7, 11) is -2.64. The van der Waals surface area contributed by atoms with Crippen molar-refractivity contribution >= 4 is 32.5 Å². The van der Waals surface area contributed by atoms with Gasteiger partial charge in [0.15, 0.2) is 0 Å². The number of fused-ring (bicyclic) bond motifs is 1. The highest BCUT2D eigenvalue weighted by molar-refractivity contribution is 7.89. The molecule has 0 aliphatic heterocycles. The molecule has 7 nitrogen and oxygen atoms in total. The van der Waals surface area contributed by atoms with E-state index in [-0.39, 0.29) is 16.6 Å². The summed E-state index contributed by atoms with van der Waals surface area (Å²) in [6, 6.07) is 12.0. The lowest BCUT2D eigenvalue weighted by atomic mass is 10.1. The first-order valence-electron chi connectivity index (χ1n) is 8.80. The fourth-order valence-corrected chi connectivity index (χ4v) is 3.87. The number of para-hydroxylation sites is 1. The van der Waals surface area contributed by atoms with Crippen LogP contribution >= 0.6 is 0 Å². The predicted octanol–water partition coefficient (Wildman–Crippen LogP) is 3.21. The largest absolute Gasteiger partial charge is 0.495 e. The molecule has 0 radical (unpaired) electrons. The maximum atomic E-state index is 12.9. The Morgan fingerprint density at radius 3 is 2.57 bits per heavy atom. The Hall–Kier alpha value is -2.84. The Balaban J connectivity index is 1.98. The first kappa shape index (κ1) is 19.9. The summed E-state index contributed by atoms with van der Waals surface area (Å²) in [4.78, 5) is 12.7. The lowest BCUT2D eigenvalue weighted by Crippen LogP contribution is -2.16. The smallest absolute Gasteiger partial charge is 0.257 e. The molecule has 1 aromatic heterocycles. The van der Waals surface area contributed by atoms with E-state index in [0.29, 0.717) is 17.2 Å². The number of hydrogen-bond donors (Lipinski definition) is 2. The number of primary sulfonamides is 1. The highest BCUT2D eigenvalue weighted by Gasteiger charge is 2.19. The van der Waals surface area contributed by atoms with E-state index in [1.165, 1.54) is 19.2 Å². The minimum absolute atomic E-state index is 0.119. The predicted molar refractivity (Wildman–Crippen MR) is 109 cm³/mol. The number of nitrogens with one attached hydrogen (secondary N) is 1. The van der Waals surface area contributed by atoms with E-state index >= 15 is 0 Å². The SMILES string of the molecule is COc1ccc(NC(=O)c2cn(CC(C)C)c3ccccc23)cc1S(N)(=O)=O. The lowest BCUT2D eigenvalue weighted by Gasteiger charge is -2.10. The van der Waals surface area contributed by atoms with Crippen molar-refractivity contribution in [2.45, 2.75) is 25.3 Å². The topological polar surface area (TPSA) is 103 Å². The molecule has 0 saturated heterocycles. The standard InChI is InChI=1S/C20H23N3O4S/c1-13(2)11-23-12-16(15-6-4-5-7-17(15)23)20(24)22-14-8-9-18(27-3)19(10-14)28(21,25)26/h4-10,12-13H,11H2,1-3H3,(H,22,24)(H2,21,25,26). The van der Waals surface area contributed by atoms with Crippen LogP contribution in [0.3, 0.4) is 0 Å². The van der Waals surface area contributed by atoms with Crippen LogP contribution in [0.2, 0.25) is 0 Å². The number of nitrogens with zero attached hydrogens (tertiary/aromatic N) is 1. The number of amides is 1. The van der Waals surface area contributed by atoms with Crippen LogP contribution in [0, 0.1) is 5.92 Å². The number of nitrogens with two attached hydrogens (primary N) is 1. The zero-order chi connectivity index (χ0) is 20.5. The number of aromatic nitrogens is 1. The number of benzene rings is 2. The lowest BCUT2D eigenvalue weighted by molar-refractivity contribution is 0.102. The monoisotopic (exact) mass is 401 g/mol. The second-order valence-electron chi connectivity index (χ2n) is 6.97. The molecule has 0 bridgehead atoms. The van der Waals surface area contributed by atoms with Crippen LogP contribution in [0.5, 0.6) is 5.75 Å². The molecule has 148 valence electrons. The van der Waals surface area contributed by atoms with E-state index in [1.807, 2.05) is 30.5 Å². The van der Waals surface area contributed by atoms with E-state index in [0.717, 1.165) is 17.4 Å². The van der Waals surface area contributed by atoms with Gasteiger partial charge in [-0.15, -0.1) is 0 Å². The Bertz CT molecular complexity index is 1130. The van der Waals surface area contributed by atoms with Gasteiger partial charge in [-0.1, -0.05) is 32.0 Å². The van der Waals surface area contributed by atoms with Crippen molar-refractivity contribution in [2.75, 3.05) is 12.4 Å². The van der Waals surface area contributed by atoms with Gasteiger partial charge < -0.3 is 14.6 Å². The zero-order valence-electron chi connectivity index (χ0n) is 16.0. The van der Waals surface area contributed by atoms with Gasteiger partial charge in [-0.3, -0.25) is 4.79 Å². The molecule has 3 rings (SSSR count). The second kappa shape index (κ2) is 7.65. The van der Waals surface area contributed by atoms with Crippen molar-refractivity contribution in [3.8, 4) is 5.75 Å². The van der Waals surface area contributed by atoms with Gasteiger partial charge in [0.25, 0.3) is 5.91 Å². The highest BCUT2D eigenvalue weighted by Crippen LogP contribution is 2.28. The van der Waals surface area contributed by atoms with Crippen LogP contribution < -0.4 is 15.2 Å². The molecule has 1 heterocycles. The number of carbonyl (C=O) groups is 1. The third kappa shape index (κ3) is 4.02. The van der Waals surface area contributed by atoms with Crippen molar-refractivity contribution in [2.24, 2.45) is 11.1 Å². The summed E-state index contributed by atoms with van der Waals surface area (Å²) in [5.41, 5.74) is 1.81. The number of hydrogen-bond acceptors (Lipinski definition) is 4. The average molecular weight is 401 g/mol. The molecule has 1 amide bonds. The molecule has 0 saturated carbocycles. The van der Waals surface area contributed by atoms with Gasteiger partial charge in [0.05, 0.1) is 12.7 Å². The number of ether oxygens (including phenoxy) is 1. The van der Waals surface area contributed by atoms with Gasteiger partial charge in [-0.05, 0) is 30.2 Å². The molecular weight excluding hydrogens is 378 g/mol. The molecule has 0 aliphatic carbocycles. The minimum atomic E-state index is -3.99. The third-order valence-corrected chi connectivity index (χ3v) is 5.26. The number of rotatable bonds is 6. The maximum Gasteiger partial charge on any atom is 0.257 e. The Kier molecular flexibility index (Phi) is 5.44. The van der Waals surface area contributed by atoms with Gasteiger partial charge in [-0.2, -0.15) is 0 Å². The number of anilines is 1. The molecule has 0 unspecified atom stereocenters. The van der Waals surface area contributed by atoms with Crippen LogP contribution in [0.25, 0.3) is 10.9 Å². The van der Waals surface area contributed by atoms with E-state index in [2.05, 4.69) is 23.7 Å². The van der Waals surface area contributed by atoms with Crippen molar-refractivity contribution < 1.29 is 17.9 Å². The molecule has 2 aromatic carbocycles. The fourth-order valence-electron chi connectivity index (χ4n) is 3.15. The van der Waals surface area contributed by atoms with Gasteiger partial charge >= 0.3 is 0 Å². The minimum Gasteiger partial charge on any atom is -0.495 e. The molecule has 3 N–H and O–H groups in total. The van der Waals surface area contributed by atoms with Gasteiger partial charge in [0.2, 0.25) is 10.0 Å². The maximum absolute atomic E-state index is 12.9. The van der Waals surface area contributed by atoms with E-state index in [9.17, 15) is 13.2 Å². The Morgan fingerprint density at radius 2 is 1.93 bits per heavy atom.